The molecule has 8 heteroatoms. The number of methoxy groups -OCH3 is 1. The minimum absolute atomic E-state index is 0.0510. The average molecular weight is 427 g/mol. The second-order valence-corrected chi connectivity index (χ2v) is 8.77. The van der Waals surface area contributed by atoms with Crippen molar-refractivity contribution in [3.8, 4) is 11.8 Å². The Morgan fingerprint density at radius 3 is 2.73 bits per heavy atom. The molecule has 0 saturated heterocycles. The number of nitrogens with zero attached hydrogens (tertiary/aromatic N) is 2. The molecule has 0 spiro atoms. The van der Waals surface area contributed by atoms with E-state index in [0.29, 0.717) is 27.9 Å². The van der Waals surface area contributed by atoms with Crippen LogP contribution >= 0.6 is 11.3 Å². The molecule has 7 nitrogen and oxygen atoms in total. The summed E-state index contributed by atoms with van der Waals surface area (Å²) in [6, 6.07) is 9.34. The van der Waals surface area contributed by atoms with Crippen LogP contribution in [0, 0.1) is 17.2 Å². The molecule has 0 bridgehead atoms. The summed E-state index contributed by atoms with van der Waals surface area (Å²) in [7, 11) is 3.27. The highest BCUT2D eigenvalue weighted by Gasteiger charge is 2.25. The summed E-state index contributed by atoms with van der Waals surface area (Å²) in [5, 5.41) is 15.8. The zero-order valence-corrected chi connectivity index (χ0v) is 18.3. The third kappa shape index (κ3) is 5.38. The minimum Gasteiger partial charge on any atom is -0.497 e. The molecule has 0 saturated carbocycles. The van der Waals surface area contributed by atoms with Crippen LogP contribution in [0.4, 0.5) is 10.7 Å². The Balaban J connectivity index is 1.55. The molecule has 2 amide bonds. The van der Waals surface area contributed by atoms with Gasteiger partial charge in [0.05, 0.1) is 25.8 Å². The first-order valence-corrected chi connectivity index (χ1v) is 10.7. The van der Waals surface area contributed by atoms with Crippen LogP contribution < -0.4 is 15.4 Å². The molecule has 158 valence electrons. The lowest BCUT2D eigenvalue weighted by atomic mass is 9.89. The van der Waals surface area contributed by atoms with Crippen molar-refractivity contribution in [3.63, 3.8) is 0 Å². The largest absolute Gasteiger partial charge is 0.497 e. The molecule has 0 radical (unpaired) electrons. The number of ether oxygens (including phenoxy) is 1. The molecule has 1 aliphatic rings. The Morgan fingerprint density at radius 1 is 1.30 bits per heavy atom. The number of nitrogens with one attached hydrogen (secondary N) is 2. The monoisotopic (exact) mass is 426 g/mol. The van der Waals surface area contributed by atoms with Crippen molar-refractivity contribution in [2.24, 2.45) is 5.92 Å². The standard InChI is InChI=1S/C22H26N4O3S/c1-14-7-8-17-18(11-23)22(30-19(17)9-14)25-21(28)13-26(2)12-20(27)24-15-5-4-6-16(10-15)29-3/h4-6,10,14H,7-9,12-13H2,1-3H3,(H,24,27)(H,25,28)/t14-/m1/s1. The van der Waals surface area contributed by atoms with Gasteiger partial charge in [-0.2, -0.15) is 5.26 Å². The molecule has 30 heavy (non-hydrogen) atoms. The van der Waals surface area contributed by atoms with Crippen LogP contribution in [-0.2, 0) is 22.4 Å². The van der Waals surface area contributed by atoms with Crippen LogP contribution in [0.15, 0.2) is 24.3 Å². The van der Waals surface area contributed by atoms with Crippen LogP contribution in [0.3, 0.4) is 0 Å². The number of hydrogen-bond acceptors (Lipinski definition) is 6. The van der Waals surface area contributed by atoms with Gasteiger partial charge < -0.3 is 15.4 Å². The van der Waals surface area contributed by atoms with E-state index in [9.17, 15) is 14.9 Å². The Kier molecular flexibility index (Phi) is 7.08. The van der Waals surface area contributed by atoms with E-state index in [1.54, 1.807) is 43.3 Å². The van der Waals surface area contributed by atoms with Crippen LogP contribution in [0.1, 0.15) is 29.3 Å². The molecule has 3 rings (SSSR count). The molecule has 2 N–H and O–H groups in total. The number of thiophene rings is 1. The fraction of sp³-hybridized carbons (Fsp3) is 0.409. The number of anilines is 2. The van der Waals surface area contributed by atoms with Crippen LogP contribution in [0.25, 0.3) is 0 Å². The van der Waals surface area contributed by atoms with Gasteiger partial charge in [0, 0.05) is 16.6 Å². The lowest BCUT2D eigenvalue weighted by Crippen LogP contribution is -2.36. The first-order chi connectivity index (χ1) is 14.4. The highest BCUT2D eigenvalue weighted by atomic mass is 32.1. The van der Waals surface area contributed by atoms with Gasteiger partial charge in [-0.25, -0.2) is 0 Å². The predicted octanol–water partition coefficient (Wildman–Crippen LogP) is 3.26. The molecular formula is C22H26N4O3S. The molecular weight excluding hydrogens is 400 g/mol. The maximum absolute atomic E-state index is 12.5. The second-order valence-electron chi connectivity index (χ2n) is 7.67. The molecule has 1 heterocycles. The fourth-order valence-electron chi connectivity index (χ4n) is 3.57. The molecule has 0 aliphatic heterocycles. The molecule has 1 atom stereocenters. The van der Waals surface area contributed by atoms with E-state index < -0.39 is 0 Å². The number of rotatable bonds is 7. The maximum Gasteiger partial charge on any atom is 0.239 e. The van der Waals surface area contributed by atoms with Gasteiger partial charge in [0.1, 0.15) is 16.8 Å². The zero-order chi connectivity index (χ0) is 21.7. The number of benzene rings is 1. The SMILES string of the molecule is COc1cccc(NC(=O)CN(C)CC(=O)Nc2sc3c(c2C#N)CC[C@@H](C)C3)c1. The fourth-order valence-corrected chi connectivity index (χ4v) is 4.95. The van der Waals surface area contributed by atoms with E-state index in [1.165, 1.54) is 16.2 Å². The van der Waals surface area contributed by atoms with Crippen molar-refractivity contribution in [1.82, 2.24) is 4.90 Å². The van der Waals surface area contributed by atoms with Crippen molar-refractivity contribution in [2.45, 2.75) is 26.2 Å². The lowest BCUT2D eigenvalue weighted by molar-refractivity contribution is -0.119. The third-order valence-electron chi connectivity index (χ3n) is 5.06. The van der Waals surface area contributed by atoms with Gasteiger partial charge in [-0.3, -0.25) is 14.5 Å². The normalized spacial score (nSPS) is 15.2. The topological polar surface area (TPSA) is 94.5 Å². The summed E-state index contributed by atoms with van der Waals surface area (Å²) < 4.78 is 5.15. The molecule has 1 aliphatic carbocycles. The van der Waals surface area contributed by atoms with Gasteiger partial charge in [0.2, 0.25) is 11.8 Å². The number of carbonyl (C=O) groups excluding carboxylic acids is 2. The molecule has 2 aromatic rings. The number of hydrogen-bond donors (Lipinski definition) is 2. The van der Waals surface area contributed by atoms with Gasteiger partial charge in [0.15, 0.2) is 0 Å². The van der Waals surface area contributed by atoms with Gasteiger partial charge in [-0.1, -0.05) is 13.0 Å². The van der Waals surface area contributed by atoms with E-state index in [1.807, 2.05) is 0 Å². The average Bonchev–Trinajstić information content (AvgIpc) is 3.03. The Labute approximate surface area is 180 Å². The summed E-state index contributed by atoms with van der Waals surface area (Å²) in [6.45, 7) is 2.32. The number of nitriles is 1. The van der Waals surface area contributed by atoms with Gasteiger partial charge in [-0.05, 0) is 49.9 Å². The molecule has 0 fully saturated rings. The molecule has 1 aromatic carbocycles. The van der Waals surface area contributed by atoms with Crippen molar-refractivity contribution in [2.75, 3.05) is 37.9 Å². The van der Waals surface area contributed by atoms with E-state index >= 15 is 0 Å². The highest BCUT2D eigenvalue weighted by molar-refractivity contribution is 7.16. The van der Waals surface area contributed by atoms with Gasteiger partial charge >= 0.3 is 0 Å². The van der Waals surface area contributed by atoms with E-state index in [4.69, 9.17) is 4.74 Å². The second kappa shape index (κ2) is 9.74. The Bertz CT molecular complexity index is 979. The predicted molar refractivity (Wildman–Crippen MR) is 118 cm³/mol. The summed E-state index contributed by atoms with van der Waals surface area (Å²) in [6.07, 6.45) is 2.90. The summed E-state index contributed by atoms with van der Waals surface area (Å²) in [4.78, 5) is 27.6. The zero-order valence-electron chi connectivity index (χ0n) is 17.4. The first kappa shape index (κ1) is 21.8. The van der Waals surface area contributed by atoms with Crippen molar-refractivity contribution >= 4 is 33.8 Å². The quantitative estimate of drug-likeness (QED) is 0.709. The van der Waals surface area contributed by atoms with Crippen LogP contribution in [0.5, 0.6) is 5.75 Å². The summed E-state index contributed by atoms with van der Waals surface area (Å²) in [5.74, 6) is 0.786. The van der Waals surface area contributed by atoms with E-state index in [2.05, 4.69) is 23.6 Å². The van der Waals surface area contributed by atoms with E-state index in [0.717, 1.165) is 24.8 Å². The Morgan fingerprint density at radius 2 is 2.03 bits per heavy atom. The van der Waals surface area contributed by atoms with Crippen LogP contribution in [0.2, 0.25) is 0 Å². The number of amides is 2. The van der Waals surface area contributed by atoms with Crippen molar-refractivity contribution in [1.29, 1.82) is 5.26 Å². The summed E-state index contributed by atoms with van der Waals surface area (Å²) >= 11 is 1.50. The minimum atomic E-state index is -0.241. The summed E-state index contributed by atoms with van der Waals surface area (Å²) in [5.41, 5.74) is 2.31. The molecule has 1 aromatic heterocycles. The van der Waals surface area contributed by atoms with Crippen molar-refractivity contribution in [3.05, 3.63) is 40.3 Å². The van der Waals surface area contributed by atoms with Gasteiger partial charge in [0.25, 0.3) is 0 Å². The smallest absolute Gasteiger partial charge is 0.239 e. The highest BCUT2D eigenvalue weighted by Crippen LogP contribution is 2.39. The van der Waals surface area contributed by atoms with Crippen LogP contribution in [-0.4, -0.2) is 44.0 Å². The maximum atomic E-state index is 12.5. The Hall–Kier alpha value is -2.89. The number of likely N-dealkylation sites (N-methyl/N-ethyl adjacent to an activating group) is 1. The first-order valence-electron chi connectivity index (χ1n) is 9.86. The third-order valence-corrected chi connectivity index (χ3v) is 6.23. The molecule has 0 unspecified atom stereocenters. The number of carbonyl (C=O) groups is 2. The number of fused-ring (bicyclic) bond motifs is 1. The lowest BCUT2D eigenvalue weighted by Gasteiger charge is -2.17. The van der Waals surface area contributed by atoms with E-state index in [-0.39, 0.29) is 24.9 Å². The van der Waals surface area contributed by atoms with Crippen molar-refractivity contribution < 1.29 is 14.3 Å². The van der Waals surface area contributed by atoms with Gasteiger partial charge in [-0.15, -0.1) is 11.3 Å².